The van der Waals surface area contributed by atoms with Crippen LogP contribution in [0.4, 0.5) is 4.39 Å². The van der Waals surface area contributed by atoms with Gasteiger partial charge in [-0.05, 0) is 30.3 Å². The summed E-state index contributed by atoms with van der Waals surface area (Å²) in [6.45, 7) is 0. The number of nitrogens with zero attached hydrogens (tertiary/aromatic N) is 2. The molecule has 1 aliphatic heterocycles. The maximum atomic E-state index is 13.2. The minimum absolute atomic E-state index is 0.127. The molecule has 0 saturated carbocycles. The largest absolute Gasteiger partial charge is 0.363 e. The van der Waals surface area contributed by atoms with Gasteiger partial charge in [0.2, 0.25) is 0 Å². The van der Waals surface area contributed by atoms with Crippen molar-refractivity contribution in [2.24, 2.45) is 0 Å². The number of benzene rings is 2. The SMILES string of the molecule is N#Cc1cc(C(=O)ON2C(=O)c3ccccc3C2=O)ccc1F. The predicted molar refractivity (Wildman–Crippen MR) is 73.5 cm³/mol. The molecule has 0 aromatic heterocycles. The van der Waals surface area contributed by atoms with Gasteiger partial charge in [0, 0.05) is 0 Å². The fourth-order valence-electron chi connectivity index (χ4n) is 2.12. The van der Waals surface area contributed by atoms with Crippen LogP contribution in [0.2, 0.25) is 0 Å². The second kappa shape index (κ2) is 5.35. The first-order valence-corrected chi connectivity index (χ1v) is 6.42. The molecule has 3 rings (SSSR count). The number of carbonyl (C=O) groups excluding carboxylic acids is 3. The first-order valence-electron chi connectivity index (χ1n) is 6.42. The van der Waals surface area contributed by atoms with E-state index in [1.54, 1.807) is 18.2 Å². The third kappa shape index (κ3) is 2.32. The number of halogens is 1. The molecule has 0 saturated heterocycles. The van der Waals surface area contributed by atoms with Crippen LogP contribution < -0.4 is 0 Å². The quantitative estimate of drug-likeness (QED) is 0.792. The Morgan fingerprint density at radius 2 is 1.70 bits per heavy atom. The molecule has 1 aliphatic rings. The third-order valence-electron chi connectivity index (χ3n) is 3.25. The lowest BCUT2D eigenvalue weighted by molar-refractivity contribution is -0.0584. The molecule has 0 unspecified atom stereocenters. The van der Waals surface area contributed by atoms with E-state index in [9.17, 15) is 18.8 Å². The zero-order valence-corrected chi connectivity index (χ0v) is 11.4. The highest BCUT2D eigenvalue weighted by atomic mass is 19.1. The Balaban J connectivity index is 1.86. The average molecular weight is 310 g/mol. The summed E-state index contributed by atoms with van der Waals surface area (Å²) >= 11 is 0. The second-order valence-corrected chi connectivity index (χ2v) is 4.64. The first kappa shape index (κ1) is 14.4. The number of hydroxylamine groups is 2. The Morgan fingerprint density at radius 1 is 1.09 bits per heavy atom. The van der Waals surface area contributed by atoms with Crippen LogP contribution in [0.5, 0.6) is 0 Å². The Kier molecular flexibility index (Phi) is 3.35. The van der Waals surface area contributed by atoms with E-state index < -0.39 is 23.6 Å². The Labute approximate surface area is 129 Å². The van der Waals surface area contributed by atoms with Crippen LogP contribution in [0, 0.1) is 17.1 Å². The van der Waals surface area contributed by atoms with Gasteiger partial charge in [0.25, 0.3) is 11.8 Å². The number of fused-ring (bicyclic) bond motifs is 1. The molecule has 112 valence electrons. The van der Waals surface area contributed by atoms with Gasteiger partial charge in [-0.3, -0.25) is 9.59 Å². The highest BCUT2D eigenvalue weighted by molar-refractivity contribution is 6.21. The summed E-state index contributed by atoms with van der Waals surface area (Å²) < 4.78 is 13.2. The molecule has 6 nitrogen and oxygen atoms in total. The summed E-state index contributed by atoms with van der Waals surface area (Å²) in [4.78, 5) is 41.0. The standard InChI is InChI=1S/C16H7FN2O4/c17-13-6-5-9(7-10(13)8-18)16(22)23-19-14(20)11-3-1-2-4-12(11)15(19)21/h1-7H. The van der Waals surface area contributed by atoms with Crippen molar-refractivity contribution in [3.63, 3.8) is 0 Å². The Hall–Kier alpha value is -3.53. The van der Waals surface area contributed by atoms with Gasteiger partial charge in [-0.25, -0.2) is 9.18 Å². The number of imide groups is 1. The number of carbonyl (C=O) groups is 3. The number of amides is 2. The molecule has 7 heteroatoms. The summed E-state index contributed by atoms with van der Waals surface area (Å²) in [7, 11) is 0. The van der Waals surface area contributed by atoms with Gasteiger partial charge in [0.15, 0.2) is 0 Å². The second-order valence-electron chi connectivity index (χ2n) is 4.64. The van der Waals surface area contributed by atoms with Crippen LogP contribution >= 0.6 is 0 Å². The number of hydrogen-bond donors (Lipinski definition) is 0. The van der Waals surface area contributed by atoms with E-state index in [1.807, 2.05) is 0 Å². The maximum Gasteiger partial charge on any atom is 0.363 e. The van der Waals surface area contributed by atoms with Gasteiger partial charge in [-0.1, -0.05) is 17.2 Å². The number of nitriles is 1. The van der Waals surface area contributed by atoms with E-state index in [0.29, 0.717) is 5.06 Å². The third-order valence-corrected chi connectivity index (χ3v) is 3.25. The lowest BCUT2D eigenvalue weighted by Gasteiger charge is -2.12. The highest BCUT2D eigenvalue weighted by Gasteiger charge is 2.38. The predicted octanol–water partition coefficient (Wildman–Crippen LogP) is 2.07. The molecule has 0 fully saturated rings. The Bertz CT molecular complexity index is 866. The van der Waals surface area contributed by atoms with Crippen LogP contribution in [0.3, 0.4) is 0 Å². The molecule has 0 aliphatic carbocycles. The monoisotopic (exact) mass is 310 g/mol. The average Bonchev–Trinajstić information content (AvgIpc) is 2.80. The van der Waals surface area contributed by atoms with E-state index in [-0.39, 0.29) is 22.3 Å². The molecular weight excluding hydrogens is 303 g/mol. The summed E-state index contributed by atoms with van der Waals surface area (Å²) in [6.07, 6.45) is 0. The van der Waals surface area contributed by atoms with Crippen LogP contribution in [-0.4, -0.2) is 22.8 Å². The smallest absolute Gasteiger partial charge is 0.324 e. The van der Waals surface area contributed by atoms with E-state index in [1.165, 1.54) is 12.1 Å². The van der Waals surface area contributed by atoms with Crippen molar-refractivity contribution in [1.29, 1.82) is 5.26 Å². The van der Waals surface area contributed by atoms with Crippen molar-refractivity contribution in [2.75, 3.05) is 0 Å². The molecule has 0 bridgehead atoms. The van der Waals surface area contributed by atoms with Crippen LogP contribution in [0.25, 0.3) is 0 Å². The van der Waals surface area contributed by atoms with Gasteiger partial charge in [-0.2, -0.15) is 5.26 Å². The fraction of sp³-hybridized carbons (Fsp3) is 0. The van der Waals surface area contributed by atoms with Crippen molar-refractivity contribution >= 4 is 17.8 Å². The van der Waals surface area contributed by atoms with Crippen molar-refractivity contribution in [3.05, 3.63) is 70.5 Å². The van der Waals surface area contributed by atoms with E-state index in [2.05, 4.69) is 0 Å². The molecule has 2 aromatic rings. The Morgan fingerprint density at radius 3 is 2.26 bits per heavy atom. The van der Waals surface area contributed by atoms with Crippen molar-refractivity contribution in [3.8, 4) is 6.07 Å². The fourth-order valence-corrected chi connectivity index (χ4v) is 2.12. The van der Waals surface area contributed by atoms with Crippen molar-refractivity contribution in [2.45, 2.75) is 0 Å². The van der Waals surface area contributed by atoms with Crippen LogP contribution in [0.1, 0.15) is 36.6 Å². The van der Waals surface area contributed by atoms with E-state index in [4.69, 9.17) is 10.1 Å². The van der Waals surface area contributed by atoms with E-state index >= 15 is 0 Å². The molecular formula is C16H7FN2O4. The summed E-state index contributed by atoms with van der Waals surface area (Å²) in [6, 6.07) is 10.6. The highest BCUT2D eigenvalue weighted by Crippen LogP contribution is 2.23. The van der Waals surface area contributed by atoms with Gasteiger partial charge >= 0.3 is 5.97 Å². The number of hydrogen-bond acceptors (Lipinski definition) is 5. The number of rotatable bonds is 2. The molecule has 1 heterocycles. The maximum absolute atomic E-state index is 13.2. The summed E-state index contributed by atoms with van der Waals surface area (Å²) in [5.41, 5.74) is -0.245. The molecule has 2 aromatic carbocycles. The lowest BCUT2D eigenvalue weighted by atomic mass is 10.1. The van der Waals surface area contributed by atoms with Gasteiger partial charge in [-0.15, -0.1) is 0 Å². The van der Waals surface area contributed by atoms with E-state index in [0.717, 1.165) is 18.2 Å². The zero-order chi connectivity index (χ0) is 16.6. The van der Waals surface area contributed by atoms with Crippen LogP contribution in [-0.2, 0) is 4.84 Å². The molecule has 0 radical (unpaired) electrons. The van der Waals surface area contributed by atoms with Crippen molar-refractivity contribution < 1.29 is 23.6 Å². The summed E-state index contributed by atoms with van der Waals surface area (Å²) in [5.74, 6) is -3.36. The van der Waals surface area contributed by atoms with Crippen LogP contribution in [0.15, 0.2) is 42.5 Å². The zero-order valence-electron chi connectivity index (χ0n) is 11.4. The minimum Gasteiger partial charge on any atom is -0.324 e. The topological polar surface area (TPSA) is 87.5 Å². The van der Waals surface area contributed by atoms with Gasteiger partial charge < -0.3 is 4.84 Å². The van der Waals surface area contributed by atoms with Crippen molar-refractivity contribution in [1.82, 2.24) is 5.06 Å². The van der Waals surface area contributed by atoms with Gasteiger partial charge in [0.1, 0.15) is 11.9 Å². The molecule has 2 amide bonds. The molecule has 23 heavy (non-hydrogen) atoms. The van der Waals surface area contributed by atoms with Gasteiger partial charge in [0.05, 0.1) is 22.3 Å². The lowest BCUT2D eigenvalue weighted by Crippen LogP contribution is -2.32. The first-order chi connectivity index (χ1) is 11.0. The normalized spacial score (nSPS) is 12.8. The summed E-state index contributed by atoms with van der Waals surface area (Å²) in [5, 5.41) is 9.10. The molecule has 0 N–H and O–H groups in total. The molecule has 0 spiro atoms. The minimum atomic E-state index is -1.05. The molecule has 0 atom stereocenters.